The zero-order valence-electron chi connectivity index (χ0n) is 12.0. The highest BCUT2D eigenvalue weighted by Crippen LogP contribution is 2.33. The van der Waals surface area contributed by atoms with E-state index in [2.05, 4.69) is 0 Å². The molecule has 1 aromatic carbocycles. The Morgan fingerprint density at radius 1 is 0.952 bits per heavy atom. The number of allylic oxidation sites excluding steroid dienone is 4. The molecular formula is C17H16O4. The van der Waals surface area contributed by atoms with E-state index in [4.69, 9.17) is 5.11 Å². The van der Waals surface area contributed by atoms with E-state index >= 15 is 0 Å². The van der Waals surface area contributed by atoms with Gasteiger partial charge in [0.2, 0.25) is 0 Å². The minimum Gasteiger partial charge on any atom is -0.478 e. The van der Waals surface area contributed by atoms with E-state index in [9.17, 15) is 14.4 Å². The molecule has 1 aromatic rings. The first-order valence-electron chi connectivity index (χ1n) is 6.97. The number of fused-ring (bicyclic) bond motifs is 2. The second-order valence-electron chi connectivity index (χ2n) is 4.54. The molecular weight excluding hydrogens is 268 g/mol. The van der Waals surface area contributed by atoms with Gasteiger partial charge in [-0.3, -0.25) is 9.59 Å². The molecule has 21 heavy (non-hydrogen) atoms. The zero-order chi connectivity index (χ0) is 15.6. The molecule has 4 heteroatoms. The van der Waals surface area contributed by atoms with Crippen LogP contribution in [0.25, 0.3) is 0 Å². The summed E-state index contributed by atoms with van der Waals surface area (Å²) in [5.74, 6) is -1.57. The lowest BCUT2D eigenvalue weighted by Crippen LogP contribution is -2.24. The number of rotatable bonds is 1. The number of ketones is 2. The largest absolute Gasteiger partial charge is 0.478 e. The van der Waals surface area contributed by atoms with E-state index < -0.39 is 5.97 Å². The topological polar surface area (TPSA) is 71.4 Å². The molecule has 0 spiro atoms. The Hall–Kier alpha value is -2.49. The molecule has 0 aliphatic heterocycles. The summed E-state index contributed by atoms with van der Waals surface area (Å²) in [6, 6.07) is 4.06. The number of aromatic carboxylic acids is 1. The average molecular weight is 284 g/mol. The maximum Gasteiger partial charge on any atom is 0.335 e. The van der Waals surface area contributed by atoms with Crippen LogP contribution in [0, 0.1) is 0 Å². The average Bonchev–Trinajstić information content (AvgIpc) is 2.54. The number of carbonyl (C=O) groups is 3. The van der Waals surface area contributed by atoms with E-state index in [0.29, 0.717) is 16.7 Å². The molecule has 2 aliphatic carbocycles. The number of Topliss-reactive ketones (excluding diaryl/α,β-unsaturated/α-hetero) is 2. The predicted octanol–water partition coefficient (Wildman–Crippen LogP) is 3.44. The van der Waals surface area contributed by atoms with Crippen LogP contribution in [0.3, 0.4) is 0 Å². The molecule has 3 rings (SSSR count). The minimum atomic E-state index is -1.11. The lowest BCUT2D eigenvalue weighted by atomic mass is 9.79. The summed E-state index contributed by atoms with van der Waals surface area (Å²) in [5.41, 5.74) is 1.36. The SMILES string of the molecule is CC.O=C(O)c1ccc2c(c1)C(=O)C1=CCCC=C1C2=O. The zero-order valence-corrected chi connectivity index (χ0v) is 12.0. The van der Waals surface area contributed by atoms with Gasteiger partial charge in [-0.1, -0.05) is 26.0 Å². The number of carboxylic acids is 1. The Morgan fingerprint density at radius 3 is 2.00 bits per heavy atom. The minimum absolute atomic E-state index is 0.0174. The third-order valence-electron chi connectivity index (χ3n) is 3.40. The van der Waals surface area contributed by atoms with Crippen molar-refractivity contribution in [2.75, 3.05) is 0 Å². The highest BCUT2D eigenvalue weighted by atomic mass is 16.4. The van der Waals surface area contributed by atoms with Crippen molar-refractivity contribution in [3.8, 4) is 0 Å². The van der Waals surface area contributed by atoms with E-state index in [1.807, 2.05) is 13.8 Å². The van der Waals surface area contributed by atoms with E-state index in [1.54, 1.807) is 12.2 Å². The lowest BCUT2D eigenvalue weighted by Gasteiger charge is -2.22. The fourth-order valence-corrected chi connectivity index (χ4v) is 2.46. The first-order valence-corrected chi connectivity index (χ1v) is 6.97. The molecule has 0 atom stereocenters. The number of carboxylic acid groups (broad SMARTS) is 1. The molecule has 0 heterocycles. The van der Waals surface area contributed by atoms with Crippen molar-refractivity contribution in [2.24, 2.45) is 0 Å². The summed E-state index contributed by atoms with van der Waals surface area (Å²) in [7, 11) is 0. The molecule has 2 aliphatic rings. The predicted molar refractivity (Wildman–Crippen MR) is 78.8 cm³/mol. The molecule has 1 N–H and O–H groups in total. The van der Waals surface area contributed by atoms with Gasteiger partial charge in [-0.15, -0.1) is 0 Å². The van der Waals surface area contributed by atoms with Gasteiger partial charge in [0, 0.05) is 22.3 Å². The molecule has 0 bridgehead atoms. The first kappa shape index (κ1) is 14.9. The Bertz CT molecular complexity index is 693. The van der Waals surface area contributed by atoms with Crippen LogP contribution in [-0.4, -0.2) is 22.6 Å². The van der Waals surface area contributed by atoms with Crippen LogP contribution < -0.4 is 0 Å². The van der Waals surface area contributed by atoms with E-state index in [1.165, 1.54) is 18.2 Å². The molecule has 0 radical (unpaired) electrons. The van der Waals surface area contributed by atoms with E-state index in [-0.39, 0.29) is 22.7 Å². The third kappa shape index (κ3) is 2.44. The molecule has 0 amide bonds. The van der Waals surface area contributed by atoms with Crippen LogP contribution in [-0.2, 0) is 0 Å². The van der Waals surface area contributed by atoms with Crippen LogP contribution in [0.5, 0.6) is 0 Å². The summed E-state index contributed by atoms with van der Waals surface area (Å²) in [6.45, 7) is 4.00. The molecule has 0 saturated carbocycles. The molecule has 0 unspecified atom stereocenters. The second kappa shape index (κ2) is 5.87. The van der Waals surface area contributed by atoms with Gasteiger partial charge >= 0.3 is 5.97 Å². The monoisotopic (exact) mass is 284 g/mol. The highest BCUT2D eigenvalue weighted by molar-refractivity contribution is 6.31. The van der Waals surface area contributed by atoms with Gasteiger partial charge in [0.25, 0.3) is 0 Å². The third-order valence-corrected chi connectivity index (χ3v) is 3.40. The fourth-order valence-electron chi connectivity index (χ4n) is 2.46. The number of hydrogen-bond acceptors (Lipinski definition) is 3. The maximum atomic E-state index is 12.3. The van der Waals surface area contributed by atoms with Crippen molar-refractivity contribution >= 4 is 17.5 Å². The van der Waals surface area contributed by atoms with Gasteiger partial charge in [0.1, 0.15) is 0 Å². The second-order valence-corrected chi connectivity index (χ2v) is 4.54. The number of hydrogen-bond donors (Lipinski definition) is 1. The maximum absolute atomic E-state index is 12.3. The summed E-state index contributed by atoms with van der Waals surface area (Å²) >= 11 is 0. The van der Waals surface area contributed by atoms with Crippen molar-refractivity contribution < 1.29 is 19.5 Å². The van der Waals surface area contributed by atoms with Crippen LogP contribution in [0.4, 0.5) is 0 Å². The van der Waals surface area contributed by atoms with Gasteiger partial charge in [-0.25, -0.2) is 4.79 Å². The summed E-state index contributed by atoms with van der Waals surface area (Å²) in [6.07, 6.45) is 5.02. The number of benzene rings is 1. The fraction of sp³-hybridized carbons (Fsp3) is 0.235. The molecule has 0 saturated heterocycles. The first-order chi connectivity index (χ1) is 10.1. The number of carbonyl (C=O) groups excluding carboxylic acids is 2. The van der Waals surface area contributed by atoms with Crippen LogP contribution in [0.2, 0.25) is 0 Å². The van der Waals surface area contributed by atoms with Crippen LogP contribution in [0.1, 0.15) is 57.8 Å². The molecule has 0 aromatic heterocycles. The van der Waals surface area contributed by atoms with Crippen molar-refractivity contribution in [3.05, 3.63) is 58.2 Å². The van der Waals surface area contributed by atoms with Crippen molar-refractivity contribution in [1.29, 1.82) is 0 Å². The standard InChI is InChI=1S/C15H10O4.C2H6/c16-13-9-3-1-2-4-10(9)14(17)12-7-8(15(18)19)5-6-11(12)13;1-2/h3-7H,1-2H2,(H,18,19);1-2H3. The normalized spacial score (nSPS) is 15.9. The quantitative estimate of drug-likeness (QED) is 0.857. The Balaban J connectivity index is 0.000000774. The summed E-state index contributed by atoms with van der Waals surface area (Å²) in [5, 5.41) is 8.95. The van der Waals surface area contributed by atoms with Gasteiger partial charge in [0.05, 0.1) is 5.56 Å². The summed E-state index contributed by atoms with van der Waals surface area (Å²) < 4.78 is 0. The Morgan fingerprint density at radius 2 is 1.48 bits per heavy atom. The van der Waals surface area contributed by atoms with Gasteiger partial charge in [-0.05, 0) is 31.0 Å². The lowest BCUT2D eigenvalue weighted by molar-refractivity contribution is 0.0696. The Labute approximate surface area is 122 Å². The molecule has 108 valence electrons. The summed E-state index contributed by atoms with van der Waals surface area (Å²) in [4.78, 5) is 35.5. The highest BCUT2D eigenvalue weighted by Gasteiger charge is 2.33. The molecule has 0 fully saturated rings. The van der Waals surface area contributed by atoms with Crippen LogP contribution in [0.15, 0.2) is 41.5 Å². The van der Waals surface area contributed by atoms with Crippen molar-refractivity contribution in [1.82, 2.24) is 0 Å². The van der Waals surface area contributed by atoms with Crippen molar-refractivity contribution in [3.63, 3.8) is 0 Å². The smallest absolute Gasteiger partial charge is 0.335 e. The Kier molecular flexibility index (Phi) is 4.17. The van der Waals surface area contributed by atoms with Gasteiger partial charge in [-0.2, -0.15) is 0 Å². The molecule has 4 nitrogen and oxygen atoms in total. The van der Waals surface area contributed by atoms with Crippen molar-refractivity contribution in [2.45, 2.75) is 26.7 Å². The van der Waals surface area contributed by atoms with Crippen LogP contribution >= 0.6 is 0 Å². The van der Waals surface area contributed by atoms with E-state index in [0.717, 1.165) is 12.8 Å². The van der Waals surface area contributed by atoms with Gasteiger partial charge < -0.3 is 5.11 Å². The van der Waals surface area contributed by atoms with Gasteiger partial charge in [0.15, 0.2) is 11.6 Å².